The summed E-state index contributed by atoms with van der Waals surface area (Å²) in [6, 6.07) is 8.76. The van der Waals surface area contributed by atoms with E-state index >= 15 is 0 Å². The minimum absolute atomic E-state index is 0.0463. The Hall–Kier alpha value is -1.49. The quantitative estimate of drug-likeness (QED) is 0.803. The van der Waals surface area contributed by atoms with E-state index in [4.69, 9.17) is 4.74 Å². The van der Waals surface area contributed by atoms with Crippen LogP contribution in [-0.2, 0) is 5.41 Å². The molecule has 0 spiro atoms. The van der Waals surface area contributed by atoms with Gasteiger partial charge >= 0.3 is 0 Å². The molecule has 1 atom stereocenters. The Kier molecular flexibility index (Phi) is 2.89. The van der Waals surface area contributed by atoms with E-state index in [-0.39, 0.29) is 10.8 Å². The Morgan fingerprint density at radius 2 is 1.94 bits per heavy atom. The molecule has 1 aliphatic carbocycles. The molecule has 1 unspecified atom stereocenters. The molecular weight excluding hydrogens is 222 g/mol. The SMILES string of the molecule is COc1ccc(C(C)C)cc1C1(C#N)CC1(C)C. The molecule has 2 nitrogen and oxygen atoms in total. The summed E-state index contributed by atoms with van der Waals surface area (Å²) in [5.41, 5.74) is 2.00. The fraction of sp³-hybridized carbons (Fsp3) is 0.562. The molecule has 0 radical (unpaired) electrons. The molecular formula is C16H21NO. The molecule has 0 amide bonds. The van der Waals surface area contributed by atoms with Crippen molar-refractivity contribution in [2.45, 2.75) is 45.4 Å². The lowest BCUT2D eigenvalue weighted by Gasteiger charge is -2.18. The minimum atomic E-state index is -0.372. The Morgan fingerprint density at radius 3 is 2.33 bits per heavy atom. The highest BCUT2D eigenvalue weighted by Gasteiger charge is 2.64. The van der Waals surface area contributed by atoms with Crippen molar-refractivity contribution in [1.82, 2.24) is 0 Å². The second kappa shape index (κ2) is 4.02. The molecule has 96 valence electrons. The smallest absolute Gasteiger partial charge is 0.123 e. The molecule has 1 aromatic carbocycles. The van der Waals surface area contributed by atoms with Crippen molar-refractivity contribution in [3.8, 4) is 11.8 Å². The topological polar surface area (TPSA) is 33.0 Å². The van der Waals surface area contributed by atoms with Crippen molar-refractivity contribution in [2.24, 2.45) is 5.41 Å². The number of nitriles is 1. The molecule has 1 saturated carbocycles. The van der Waals surface area contributed by atoms with Gasteiger partial charge in [-0.15, -0.1) is 0 Å². The van der Waals surface area contributed by atoms with Crippen LogP contribution in [0.25, 0.3) is 0 Å². The van der Waals surface area contributed by atoms with Crippen molar-refractivity contribution in [2.75, 3.05) is 7.11 Å². The zero-order valence-electron chi connectivity index (χ0n) is 11.9. The summed E-state index contributed by atoms with van der Waals surface area (Å²) < 4.78 is 5.45. The average Bonchev–Trinajstić information content (AvgIpc) is 2.91. The number of hydrogen-bond acceptors (Lipinski definition) is 2. The average molecular weight is 243 g/mol. The maximum absolute atomic E-state index is 9.59. The Labute approximate surface area is 110 Å². The molecule has 1 aliphatic rings. The molecule has 2 rings (SSSR count). The van der Waals surface area contributed by atoms with Crippen LogP contribution >= 0.6 is 0 Å². The van der Waals surface area contributed by atoms with Gasteiger partial charge in [0.25, 0.3) is 0 Å². The van der Waals surface area contributed by atoms with Gasteiger partial charge < -0.3 is 4.74 Å². The Balaban J connectivity index is 2.56. The van der Waals surface area contributed by atoms with E-state index < -0.39 is 0 Å². The highest BCUT2D eigenvalue weighted by Crippen LogP contribution is 2.65. The first-order valence-corrected chi connectivity index (χ1v) is 6.47. The summed E-state index contributed by atoms with van der Waals surface area (Å²) in [5.74, 6) is 1.30. The zero-order chi connectivity index (χ0) is 13.6. The predicted octanol–water partition coefficient (Wildman–Crippen LogP) is 4.01. The van der Waals surface area contributed by atoms with Crippen LogP contribution in [0.5, 0.6) is 5.75 Å². The first kappa shape index (κ1) is 13.0. The first-order valence-electron chi connectivity index (χ1n) is 6.47. The van der Waals surface area contributed by atoms with Gasteiger partial charge in [0.15, 0.2) is 0 Å². The molecule has 1 aromatic rings. The summed E-state index contributed by atoms with van der Waals surface area (Å²) in [5, 5.41) is 9.59. The third kappa shape index (κ3) is 1.70. The lowest BCUT2D eigenvalue weighted by Crippen LogP contribution is -2.13. The monoisotopic (exact) mass is 243 g/mol. The number of benzene rings is 1. The van der Waals surface area contributed by atoms with Crippen LogP contribution in [-0.4, -0.2) is 7.11 Å². The maximum atomic E-state index is 9.59. The number of hydrogen-bond donors (Lipinski definition) is 0. The van der Waals surface area contributed by atoms with E-state index in [0.717, 1.165) is 17.7 Å². The summed E-state index contributed by atoms with van der Waals surface area (Å²) in [6.45, 7) is 8.64. The van der Waals surface area contributed by atoms with E-state index in [1.54, 1.807) is 7.11 Å². The van der Waals surface area contributed by atoms with Crippen molar-refractivity contribution in [3.63, 3.8) is 0 Å². The number of nitrogens with zero attached hydrogens (tertiary/aromatic N) is 1. The third-order valence-corrected chi connectivity index (χ3v) is 4.28. The van der Waals surface area contributed by atoms with E-state index in [1.807, 2.05) is 6.07 Å². The van der Waals surface area contributed by atoms with Gasteiger partial charge in [-0.05, 0) is 29.4 Å². The van der Waals surface area contributed by atoms with Crippen LogP contribution < -0.4 is 4.74 Å². The van der Waals surface area contributed by atoms with Crippen LogP contribution in [0, 0.1) is 16.7 Å². The lowest BCUT2D eigenvalue weighted by molar-refractivity contribution is 0.403. The summed E-state index contributed by atoms with van der Waals surface area (Å²) in [6.07, 6.45) is 0.911. The lowest BCUT2D eigenvalue weighted by atomic mass is 9.86. The van der Waals surface area contributed by atoms with Crippen molar-refractivity contribution in [1.29, 1.82) is 5.26 Å². The fourth-order valence-corrected chi connectivity index (χ4v) is 2.75. The van der Waals surface area contributed by atoms with Gasteiger partial charge in [0.05, 0.1) is 18.6 Å². The van der Waals surface area contributed by atoms with Crippen LogP contribution in [0.15, 0.2) is 18.2 Å². The van der Waals surface area contributed by atoms with E-state index in [0.29, 0.717) is 5.92 Å². The normalized spacial score (nSPS) is 24.7. The van der Waals surface area contributed by atoms with Crippen LogP contribution in [0.1, 0.15) is 51.2 Å². The Morgan fingerprint density at radius 1 is 1.33 bits per heavy atom. The summed E-state index contributed by atoms with van der Waals surface area (Å²) >= 11 is 0. The van der Waals surface area contributed by atoms with Gasteiger partial charge in [-0.3, -0.25) is 0 Å². The minimum Gasteiger partial charge on any atom is -0.496 e. The summed E-state index contributed by atoms with van der Waals surface area (Å²) in [7, 11) is 1.67. The van der Waals surface area contributed by atoms with Crippen molar-refractivity contribution < 1.29 is 4.74 Å². The number of rotatable bonds is 3. The molecule has 1 fully saturated rings. The van der Waals surface area contributed by atoms with Gasteiger partial charge in [-0.2, -0.15) is 5.26 Å². The number of ether oxygens (including phenoxy) is 1. The van der Waals surface area contributed by atoms with E-state index in [9.17, 15) is 5.26 Å². The molecule has 0 aliphatic heterocycles. The molecule has 0 aromatic heterocycles. The molecule has 0 heterocycles. The van der Waals surface area contributed by atoms with E-state index in [1.165, 1.54) is 5.56 Å². The van der Waals surface area contributed by atoms with Crippen LogP contribution in [0.3, 0.4) is 0 Å². The highest BCUT2D eigenvalue weighted by molar-refractivity contribution is 5.53. The first-order chi connectivity index (χ1) is 8.38. The van der Waals surface area contributed by atoms with Gasteiger partial charge in [0.2, 0.25) is 0 Å². The highest BCUT2D eigenvalue weighted by atomic mass is 16.5. The number of methoxy groups -OCH3 is 1. The van der Waals surface area contributed by atoms with Gasteiger partial charge in [-0.1, -0.05) is 39.8 Å². The molecule has 18 heavy (non-hydrogen) atoms. The molecule has 0 saturated heterocycles. The van der Waals surface area contributed by atoms with E-state index in [2.05, 4.69) is 45.9 Å². The standard InChI is InChI=1S/C16H21NO/c1-11(2)12-6-7-14(18-5)13(8-12)16(10-17)9-15(16,3)4/h6-8,11H,9H2,1-5H3. The second-order valence-electron chi connectivity index (χ2n) is 6.19. The van der Waals surface area contributed by atoms with Gasteiger partial charge in [0, 0.05) is 5.56 Å². The predicted molar refractivity (Wildman–Crippen MR) is 72.8 cm³/mol. The fourth-order valence-electron chi connectivity index (χ4n) is 2.75. The zero-order valence-corrected chi connectivity index (χ0v) is 11.9. The maximum Gasteiger partial charge on any atom is 0.123 e. The molecule has 2 heteroatoms. The second-order valence-corrected chi connectivity index (χ2v) is 6.19. The van der Waals surface area contributed by atoms with Crippen molar-refractivity contribution in [3.05, 3.63) is 29.3 Å². The van der Waals surface area contributed by atoms with Gasteiger partial charge in [-0.25, -0.2) is 0 Å². The Bertz CT molecular complexity index is 510. The molecule has 0 bridgehead atoms. The van der Waals surface area contributed by atoms with Crippen LogP contribution in [0.4, 0.5) is 0 Å². The summed E-state index contributed by atoms with van der Waals surface area (Å²) in [4.78, 5) is 0. The van der Waals surface area contributed by atoms with Crippen LogP contribution in [0.2, 0.25) is 0 Å². The largest absolute Gasteiger partial charge is 0.496 e. The van der Waals surface area contributed by atoms with Crippen molar-refractivity contribution >= 4 is 0 Å². The molecule has 0 N–H and O–H groups in total. The third-order valence-electron chi connectivity index (χ3n) is 4.28. The van der Waals surface area contributed by atoms with Gasteiger partial charge in [0.1, 0.15) is 5.75 Å².